The van der Waals surface area contributed by atoms with Crippen LogP contribution in [0.4, 0.5) is 0 Å². The van der Waals surface area contributed by atoms with E-state index in [0.717, 1.165) is 18.1 Å². The normalized spacial score (nSPS) is 24.1. The van der Waals surface area contributed by atoms with Crippen molar-refractivity contribution in [3.8, 4) is 0 Å². The Balaban J connectivity index is 0.00000242. The maximum atomic E-state index is 6.06. The van der Waals surface area contributed by atoms with Crippen molar-refractivity contribution in [2.45, 2.75) is 58.7 Å². The lowest BCUT2D eigenvalue weighted by Crippen LogP contribution is -2.56. The fourth-order valence-electron chi connectivity index (χ4n) is 3.34. The Morgan fingerprint density at radius 3 is 2.45 bits per heavy atom. The van der Waals surface area contributed by atoms with E-state index >= 15 is 0 Å². The summed E-state index contributed by atoms with van der Waals surface area (Å²) >= 11 is 6.06. The van der Waals surface area contributed by atoms with Crippen molar-refractivity contribution < 1.29 is 0 Å². The SMILES string of the molecule is CC[C@@H]1CN[C@@H](C)CN1C(CC(C)C)c1ccc(Cl)cc1.Cl. The molecule has 0 spiro atoms. The first-order chi connectivity index (χ1) is 10.0. The van der Waals surface area contributed by atoms with Crippen LogP contribution in [0.1, 0.15) is 52.1 Å². The molecule has 0 radical (unpaired) electrons. The molecule has 0 aliphatic carbocycles. The zero-order chi connectivity index (χ0) is 15.4. The van der Waals surface area contributed by atoms with E-state index in [1.807, 2.05) is 12.1 Å². The van der Waals surface area contributed by atoms with Gasteiger partial charge in [0.2, 0.25) is 0 Å². The third-order valence-electron chi connectivity index (χ3n) is 4.48. The topological polar surface area (TPSA) is 15.3 Å². The van der Waals surface area contributed by atoms with Gasteiger partial charge in [-0.3, -0.25) is 4.90 Å². The molecule has 2 nitrogen and oxygen atoms in total. The van der Waals surface area contributed by atoms with Crippen LogP contribution in [0.2, 0.25) is 5.02 Å². The summed E-state index contributed by atoms with van der Waals surface area (Å²) in [5.74, 6) is 0.688. The Kier molecular flexibility index (Phi) is 8.20. The van der Waals surface area contributed by atoms with Crippen LogP contribution in [0.25, 0.3) is 0 Å². The quantitative estimate of drug-likeness (QED) is 0.815. The number of piperazine rings is 1. The monoisotopic (exact) mass is 344 g/mol. The van der Waals surface area contributed by atoms with Gasteiger partial charge in [0.05, 0.1) is 0 Å². The Hall–Kier alpha value is -0.280. The predicted octanol–water partition coefficient (Wildman–Crippen LogP) is 4.92. The lowest BCUT2D eigenvalue weighted by Gasteiger charge is -2.44. The molecular weight excluding hydrogens is 315 g/mol. The zero-order valence-electron chi connectivity index (χ0n) is 14.2. The minimum Gasteiger partial charge on any atom is -0.311 e. The highest BCUT2D eigenvalue weighted by atomic mass is 35.5. The Labute approximate surface area is 147 Å². The Morgan fingerprint density at radius 2 is 1.91 bits per heavy atom. The molecule has 1 aliphatic rings. The summed E-state index contributed by atoms with van der Waals surface area (Å²) in [6, 6.07) is 10.1. The number of hydrogen-bond donors (Lipinski definition) is 1. The number of halogens is 2. The van der Waals surface area contributed by atoms with Gasteiger partial charge in [-0.1, -0.05) is 44.5 Å². The van der Waals surface area contributed by atoms with Crippen molar-refractivity contribution in [2.75, 3.05) is 13.1 Å². The van der Waals surface area contributed by atoms with E-state index in [1.54, 1.807) is 0 Å². The van der Waals surface area contributed by atoms with Gasteiger partial charge in [-0.15, -0.1) is 12.4 Å². The fraction of sp³-hybridized carbons (Fsp3) is 0.667. The molecule has 0 saturated carbocycles. The first-order valence-corrected chi connectivity index (χ1v) is 8.63. The van der Waals surface area contributed by atoms with Crippen LogP contribution in [0.3, 0.4) is 0 Å². The van der Waals surface area contributed by atoms with Crippen LogP contribution < -0.4 is 5.32 Å². The summed E-state index contributed by atoms with van der Waals surface area (Å²) < 4.78 is 0. The van der Waals surface area contributed by atoms with Crippen LogP contribution in [0, 0.1) is 5.92 Å². The first-order valence-electron chi connectivity index (χ1n) is 8.25. The highest BCUT2D eigenvalue weighted by Crippen LogP contribution is 2.32. The number of benzene rings is 1. The van der Waals surface area contributed by atoms with Gasteiger partial charge in [0.15, 0.2) is 0 Å². The van der Waals surface area contributed by atoms with Gasteiger partial charge in [-0.25, -0.2) is 0 Å². The van der Waals surface area contributed by atoms with Crippen molar-refractivity contribution in [3.63, 3.8) is 0 Å². The maximum absolute atomic E-state index is 6.06. The van der Waals surface area contributed by atoms with E-state index < -0.39 is 0 Å². The summed E-state index contributed by atoms with van der Waals surface area (Å²) in [5, 5.41) is 4.44. The number of nitrogens with one attached hydrogen (secondary N) is 1. The molecule has 2 rings (SSSR count). The van der Waals surface area contributed by atoms with Gasteiger partial charge >= 0.3 is 0 Å². The predicted molar refractivity (Wildman–Crippen MR) is 99.1 cm³/mol. The van der Waals surface area contributed by atoms with Gasteiger partial charge in [-0.2, -0.15) is 0 Å². The molecule has 22 heavy (non-hydrogen) atoms. The van der Waals surface area contributed by atoms with Crippen molar-refractivity contribution in [3.05, 3.63) is 34.9 Å². The van der Waals surface area contributed by atoms with Crippen LogP contribution in [-0.4, -0.2) is 30.1 Å². The molecule has 1 saturated heterocycles. The largest absolute Gasteiger partial charge is 0.311 e. The van der Waals surface area contributed by atoms with Crippen molar-refractivity contribution in [2.24, 2.45) is 5.92 Å². The summed E-state index contributed by atoms with van der Waals surface area (Å²) in [6.07, 6.45) is 2.40. The minimum atomic E-state index is 0. The maximum Gasteiger partial charge on any atom is 0.0406 e. The summed E-state index contributed by atoms with van der Waals surface area (Å²) in [4.78, 5) is 2.71. The van der Waals surface area contributed by atoms with E-state index in [-0.39, 0.29) is 12.4 Å². The van der Waals surface area contributed by atoms with E-state index in [0.29, 0.717) is 24.0 Å². The molecule has 0 bridgehead atoms. The first kappa shape index (κ1) is 19.8. The summed E-state index contributed by atoms with van der Waals surface area (Å²) in [7, 11) is 0. The van der Waals surface area contributed by atoms with Crippen LogP contribution in [-0.2, 0) is 0 Å². The summed E-state index contributed by atoms with van der Waals surface area (Å²) in [6.45, 7) is 11.4. The molecule has 0 aromatic heterocycles. The highest BCUT2D eigenvalue weighted by molar-refractivity contribution is 6.30. The second kappa shape index (κ2) is 9.12. The number of nitrogens with zero attached hydrogens (tertiary/aromatic N) is 1. The molecule has 126 valence electrons. The third kappa shape index (κ3) is 5.13. The van der Waals surface area contributed by atoms with E-state index in [4.69, 9.17) is 11.6 Å². The van der Waals surface area contributed by atoms with Crippen molar-refractivity contribution in [1.29, 1.82) is 0 Å². The van der Waals surface area contributed by atoms with Gasteiger partial charge in [-0.05, 0) is 43.4 Å². The molecule has 0 amide bonds. The van der Waals surface area contributed by atoms with Crippen LogP contribution in [0.5, 0.6) is 0 Å². The van der Waals surface area contributed by atoms with E-state index in [2.05, 4.69) is 50.0 Å². The van der Waals surface area contributed by atoms with Gasteiger partial charge in [0, 0.05) is 36.2 Å². The van der Waals surface area contributed by atoms with E-state index in [1.165, 1.54) is 18.4 Å². The molecule has 4 heteroatoms. The van der Waals surface area contributed by atoms with Crippen LogP contribution >= 0.6 is 24.0 Å². The fourth-order valence-corrected chi connectivity index (χ4v) is 3.47. The Morgan fingerprint density at radius 1 is 1.27 bits per heavy atom. The molecule has 1 unspecified atom stereocenters. The van der Waals surface area contributed by atoms with Gasteiger partial charge < -0.3 is 5.32 Å². The molecule has 1 heterocycles. The van der Waals surface area contributed by atoms with Crippen molar-refractivity contribution in [1.82, 2.24) is 10.2 Å². The molecule has 3 atom stereocenters. The molecular formula is C18H30Cl2N2. The average molecular weight is 345 g/mol. The lowest BCUT2D eigenvalue weighted by molar-refractivity contribution is 0.0711. The minimum absolute atomic E-state index is 0. The average Bonchev–Trinajstić information content (AvgIpc) is 2.45. The lowest BCUT2D eigenvalue weighted by atomic mass is 9.92. The number of hydrogen-bond acceptors (Lipinski definition) is 2. The second-order valence-electron chi connectivity index (χ2n) is 6.77. The van der Waals surface area contributed by atoms with Gasteiger partial charge in [0.25, 0.3) is 0 Å². The summed E-state index contributed by atoms with van der Waals surface area (Å²) in [5.41, 5.74) is 1.40. The van der Waals surface area contributed by atoms with E-state index in [9.17, 15) is 0 Å². The standard InChI is InChI=1S/C18H29ClN2.ClH/c1-5-17-11-20-14(4)12-21(17)18(10-13(2)3)15-6-8-16(19)9-7-15;/h6-9,13-14,17-18,20H,5,10-12H2,1-4H3;1H/t14-,17+,18?;/m0./s1. The molecule has 1 aromatic carbocycles. The molecule has 1 N–H and O–H groups in total. The number of rotatable bonds is 5. The van der Waals surface area contributed by atoms with Gasteiger partial charge in [0.1, 0.15) is 0 Å². The molecule has 1 fully saturated rings. The van der Waals surface area contributed by atoms with Crippen LogP contribution in [0.15, 0.2) is 24.3 Å². The smallest absolute Gasteiger partial charge is 0.0406 e. The zero-order valence-corrected chi connectivity index (χ0v) is 15.8. The molecule has 1 aromatic rings. The molecule has 1 aliphatic heterocycles. The Bertz CT molecular complexity index is 433. The second-order valence-corrected chi connectivity index (χ2v) is 7.20. The highest BCUT2D eigenvalue weighted by Gasteiger charge is 2.31. The van der Waals surface area contributed by atoms with Crippen molar-refractivity contribution >= 4 is 24.0 Å². The third-order valence-corrected chi connectivity index (χ3v) is 4.73.